The summed E-state index contributed by atoms with van der Waals surface area (Å²) in [4.78, 5) is 0.0931. The van der Waals surface area contributed by atoms with Gasteiger partial charge in [-0.1, -0.05) is 12.1 Å². The molecule has 0 aliphatic rings. The second-order valence-corrected chi connectivity index (χ2v) is 8.32. The summed E-state index contributed by atoms with van der Waals surface area (Å²) in [5.41, 5.74) is 1.34. The lowest BCUT2D eigenvalue weighted by Gasteiger charge is -2.15. The molecule has 0 amide bonds. The van der Waals surface area contributed by atoms with Crippen LogP contribution in [-0.4, -0.2) is 28.9 Å². The van der Waals surface area contributed by atoms with E-state index < -0.39 is 27.3 Å². The average molecular weight is 422 g/mol. The van der Waals surface area contributed by atoms with Gasteiger partial charge in [0.1, 0.15) is 0 Å². The molecule has 0 bridgehead atoms. The van der Waals surface area contributed by atoms with Crippen LogP contribution in [0.25, 0.3) is 22.3 Å². The van der Waals surface area contributed by atoms with E-state index in [1.807, 2.05) is 0 Å². The molecule has 8 heteroatoms. The van der Waals surface area contributed by atoms with E-state index in [9.17, 15) is 21.6 Å². The van der Waals surface area contributed by atoms with Crippen molar-refractivity contribution in [3.05, 3.63) is 66.0 Å². The first-order chi connectivity index (χ1) is 13.7. The number of hydrogen-bond acceptors (Lipinski definition) is 4. The van der Waals surface area contributed by atoms with Crippen LogP contribution in [0.3, 0.4) is 0 Å². The van der Waals surface area contributed by atoms with Crippen LogP contribution >= 0.6 is 0 Å². The van der Waals surface area contributed by atoms with E-state index in [0.717, 1.165) is 18.4 Å². The van der Waals surface area contributed by atoms with E-state index in [4.69, 9.17) is 9.47 Å². The number of ether oxygens (including phenoxy) is 2. The maximum absolute atomic E-state index is 14.3. The Bertz CT molecular complexity index is 1150. The molecule has 0 saturated heterocycles. The number of benzene rings is 3. The van der Waals surface area contributed by atoms with Gasteiger partial charge in [-0.15, -0.1) is 0 Å². The summed E-state index contributed by atoms with van der Waals surface area (Å²) in [7, 11) is -0.860. The van der Waals surface area contributed by atoms with Gasteiger partial charge in [0.15, 0.2) is 33.0 Å². The third-order valence-corrected chi connectivity index (χ3v) is 5.54. The maximum atomic E-state index is 14.3. The number of halogens is 3. The van der Waals surface area contributed by atoms with E-state index in [-0.39, 0.29) is 22.0 Å². The number of hydrogen-bond donors (Lipinski definition) is 0. The van der Waals surface area contributed by atoms with Gasteiger partial charge in [0, 0.05) is 6.26 Å². The molecule has 0 saturated carbocycles. The highest BCUT2D eigenvalue weighted by Gasteiger charge is 2.18. The number of methoxy groups -OCH3 is 2. The van der Waals surface area contributed by atoms with E-state index in [0.29, 0.717) is 16.7 Å². The first-order valence-electron chi connectivity index (χ1n) is 8.37. The lowest BCUT2D eigenvalue weighted by atomic mass is 9.94. The molecule has 0 aliphatic heterocycles. The molecule has 152 valence electrons. The lowest BCUT2D eigenvalue weighted by molar-refractivity contribution is 0.351. The summed E-state index contributed by atoms with van der Waals surface area (Å²) in [6.45, 7) is 0. The average Bonchev–Trinajstić information content (AvgIpc) is 2.69. The second kappa shape index (κ2) is 7.79. The van der Waals surface area contributed by atoms with Crippen LogP contribution in [-0.2, 0) is 9.84 Å². The zero-order valence-electron chi connectivity index (χ0n) is 15.8. The van der Waals surface area contributed by atoms with Crippen molar-refractivity contribution < 1.29 is 31.1 Å². The minimum atomic E-state index is -3.41. The minimum Gasteiger partial charge on any atom is -0.494 e. The zero-order valence-corrected chi connectivity index (χ0v) is 16.6. The fraction of sp³-hybridized carbons (Fsp3) is 0.143. The molecule has 0 aromatic heterocycles. The molecule has 0 unspecified atom stereocenters. The van der Waals surface area contributed by atoms with Crippen LogP contribution in [0.4, 0.5) is 13.2 Å². The Hall–Kier alpha value is -3.00. The third kappa shape index (κ3) is 4.07. The van der Waals surface area contributed by atoms with Crippen molar-refractivity contribution in [2.75, 3.05) is 20.5 Å². The van der Waals surface area contributed by atoms with Gasteiger partial charge in [-0.05, 0) is 58.7 Å². The molecule has 0 N–H and O–H groups in total. The fourth-order valence-electron chi connectivity index (χ4n) is 2.93. The van der Waals surface area contributed by atoms with Crippen LogP contribution in [0.1, 0.15) is 0 Å². The second-order valence-electron chi connectivity index (χ2n) is 6.30. The SMILES string of the molecule is COc1cc(-c2cc(F)c(F)cc2-c2ccc(S(C)(=O)=O)cc2)cc(OC)c1F. The first-order valence-corrected chi connectivity index (χ1v) is 10.3. The Kier molecular flexibility index (Phi) is 5.57. The van der Waals surface area contributed by atoms with Crippen molar-refractivity contribution in [3.8, 4) is 33.8 Å². The molecule has 0 heterocycles. The molecular formula is C21H17F3O4S. The van der Waals surface area contributed by atoms with Crippen molar-refractivity contribution in [2.24, 2.45) is 0 Å². The Morgan fingerprint density at radius 2 is 1.17 bits per heavy atom. The molecular weight excluding hydrogens is 405 g/mol. The van der Waals surface area contributed by atoms with E-state index in [1.165, 1.54) is 50.6 Å². The van der Waals surface area contributed by atoms with Gasteiger partial charge < -0.3 is 9.47 Å². The van der Waals surface area contributed by atoms with Gasteiger partial charge in [0.05, 0.1) is 19.1 Å². The molecule has 0 radical (unpaired) electrons. The van der Waals surface area contributed by atoms with Gasteiger partial charge in [-0.3, -0.25) is 0 Å². The Morgan fingerprint density at radius 1 is 0.724 bits per heavy atom. The summed E-state index contributed by atoms with van der Waals surface area (Å²) in [5, 5.41) is 0. The Morgan fingerprint density at radius 3 is 1.59 bits per heavy atom. The largest absolute Gasteiger partial charge is 0.494 e. The van der Waals surface area contributed by atoms with Crippen molar-refractivity contribution in [2.45, 2.75) is 4.90 Å². The number of rotatable bonds is 5. The van der Waals surface area contributed by atoms with Gasteiger partial charge >= 0.3 is 0 Å². The normalized spacial score (nSPS) is 11.4. The molecule has 0 atom stereocenters. The summed E-state index contributed by atoms with van der Waals surface area (Å²) in [6.07, 6.45) is 1.07. The standard InChI is InChI=1S/C21H17F3O4S/c1-27-19-8-13(9-20(28-2)21(19)24)16-11-18(23)17(22)10-15(16)12-4-6-14(7-5-12)29(3,25)26/h4-11H,1-3H3. The lowest BCUT2D eigenvalue weighted by Crippen LogP contribution is -1.98. The van der Waals surface area contributed by atoms with Gasteiger partial charge in [0.2, 0.25) is 5.82 Å². The highest BCUT2D eigenvalue weighted by Crippen LogP contribution is 2.39. The van der Waals surface area contributed by atoms with Crippen LogP contribution in [0.5, 0.6) is 11.5 Å². The molecule has 3 rings (SSSR count). The van der Waals surface area contributed by atoms with Crippen LogP contribution in [0.15, 0.2) is 53.4 Å². The fourth-order valence-corrected chi connectivity index (χ4v) is 3.56. The zero-order chi connectivity index (χ0) is 21.3. The third-order valence-electron chi connectivity index (χ3n) is 4.41. The van der Waals surface area contributed by atoms with E-state index >= 15 is 0 Å². The Balaban J connectivity index is 2.25. The monoisotopic (exact) mass is 422 g/mol. The molecule has 0 spiro atoms. The van der Waals surface area contributed by atoms with E-state index in [1.54, 1.807) is 0 Å². The van der Waals surface area contributed by atoms with Crippen LogP contribution in [0, 0.1) is 17.5 Å². The van der Waals surface area contributed by atoms with Gasteiger partial charge in [-0.2, -0.15) is 4.39 Å². The summed E-state index contributed by atoms with van der Waals surface area (Å²) < 4.78 is 75.7. The predicted molar refractivity (Wildman–Crippen MR) is 103 cm³/mol. The molecule has 29 heavy (non-hydrogen) atoms. The van der Waals surface area contributed by atoms with Crippen molar-refractivity contribution in [3.63, 3.8) is 0 Å². The smallest absolute Gasteiger partial charge is 0.206 e. The topological polar surface area (TPSA) is 52.6 Å². The number of sulfone groups is 1. The molecule has 0 aliphatic carbocycles. The molecule has 0 fully saturated rings. The highest BCUT2D eigenvalue weighted by molar-refractivity contribution is 7.90. The molecule has 3 aromatic carbocycles. The van der Waals surface area contributed by atoms with Crippen molar-refractivity contribution >= 4 is 9.84 Å². The summed E-state index contributed by atoms with van der Waals surface area (Å²) in [6, 6.07) is 10.4. The summed E-state index contributed by atoms with van der Waals surface area (Å²) >= 11 is 0. The highest BCUT2D eigenvalue weighted by atomic mass is 32.2. The van der Waals surface area contributed by atoms with Crippen molar-refractivity contribution in [1.29, 1.82) is 0 Å². The van der Waals surface area contributed by atoms with Crippen LogP contribution in [0.2, 0.25) is 0 Å². The molecule has 3 aromatic rings. The van der Waals surface area contributed by atoms with Gasteiger partial charge in [-0.25, -0.2) is 17.2 Å². The Labute approximate surface area is 166 Å². The van der Waals surface area contributed by atoms with E-state index in [2.05, 4.69) is 0 Å². The van der Waals surface area contributed by atoms with Crippen LogP contribution < -0.4 is 9.47 Å². The first kappa shape index (κ1) is 20.7. The predicted octanol–water partition coefficient (Wildman–Crippen LogP) is 4.86. The van der Waals surface area contributed by atoms with Gasteiger partial charge in [0.25, 0.3) is 0 Å². The summed E-state index contributed by atoms with van der Waals surface area (Å²) in [5.74, 6) is -3.12. The van der Waals surface area contributed by atoms with Crippen molar-refractivity contribution in [1.82, 2.24) is 0 Å². The minimum absolute atomic E-state index is 0.0931. The maximum Gasteiger partial charge on any atom is 0.206 e. The quantitative estimate of drug-likeness (QED) is 0.589. The molecule has 4 nitrogen and oxygen atoms in total.